The first-order valence-corrected chi connectivity index (χ1v) is 5.93. The number of anilines is 1. The van der Waals surface area contributed by atoms with Crippen LogP contribution < -0.4 is 4.72 Å². The molecular formula is C10H10N2S2. The van der Waals surface area contributed by atoms with Crippen LogP contribution in [0.1, 0.15) is 5.56 Å². The lowest BCUT2D eigenvalue weighted by atomic mass is 10.2. The lowest BCUT2D eigenvalue weighted by Crippen LogP contribution is -1.84. The molecule has 0 aliphatic carbocycles. The number of thiazole rings is 1. The topological polar surface area (TPSA) is 24.9 Å². The van der Waals surface area contributed by atoms with Crippen LogP contribution in [0.15, 0.2) is 40.7 Å². The van der Waals surface area contributed by atoms with E-state index >= 15 is 0 Å². The van der Waals surface area contributed by atoms with Crippen LogP contribution in [-0.2, 0) is 0 Å². The van der Waals surface area contributed by atoms with Crippen LogP contribution in [0.2, 0.25) is 0 Å². The smallest absolute Gasteiger partial charge is 0.192 e. The lowest BCUT2D eigenvalue weighted by molar-refractivity contribution is 1.37. The molecule has 1 heterocycles. The third-order valence-corrected chi connectivity index (χ3v) is 3.33. The van der Waals surface area contributed by atoms with Gasteiger partial charge in [0, 0.05) is 16.5 Å². The number of aryl methyl sites for hydroxylation is 1. The number of nitrogens with one attached hydrogen (secondary N) is 1. The van der Waals surface area contributed by atoms with Crippen molar-refractivity contribution in [1.82, 2.24) is 4.98 Å². The summed E-state index contributed by atoms with van der Waals surface area (Å²) in [5.41, 5.74) is 1.28. The highest BCUT2D eigenvalue weighted by Gasteiger charge is 1.95. The summed E-state index contributed by atoms with van der Waals surface area (Å²) in [6.45, 7) is 2.09. The number of hydrogen-bond acceptors (Lipinski definition) is 4. The standard InChI is InChI=1S/C10H10N2S2/c1-8-2-4-9(5-3-8)14-12-10-11-6-7-13-10/h2-7H,1H3,(H,11,12). The summed E-state index contributed by atoms with van der Waals surface area (Å²) >= 11 is 3.19. The molecule has 0 bridgehead atoms. The fourth-order valence-corrected chi connectivity index (χ4v) is 2.20. The van der Waals surface area contributed by atoms with E-state index in [0.29, 0.717) is 0 Å². The maximum Gasteiger partial charge on any atom is 0.192 e. The van der Waals surface area contributed by atoms with Crippen molar-refractivity contribution in [2.75, 3.05) is 4.72 Å². The van der Waals surface area contributed by atoms with Gasteiger partial charge in [0.2, 0.25) is 0 Å². The Morgan fingerprint density at radius 1 is 1.29 bits per heavy atom. The number of hydrogen-bond donors (Lipinski definition) is 1. The second kappa shape index (κ2) is 4.48. The van der Waals surface area contributed by atoms with E-state index in [1.54, 1.807) is 29.5 Å². The van der Waals surface area contributed by atoms with Crippen molar-refractivity contribution in [3.05, 3.63) is 41.4 Å². The van der Waals surface area contributed by atoms with E-state index < -0.39 is 0 Å². The molecule has 0 saturated carbocycles. The first kappa shape index (κ1) is 9.55. The van der Waals surface area contributed by atoms with Gasteiger partial charge in [-0.2, -0.15) is 0 Å². The summed E-state index contributed by atoms with van der Waals surface area (Å²) in [6.07, 6.45) is 1.79. The van der Waals surface area contributed by atoms with Gasteiger partial charge in [0.25, 0.3) is 0 Å². The van der Waals surface area contributed by atoms with Gasteiger partial charge in [0.05, 0.1) is 0 Å². The van der Waals surface area contributed by atoms with Crippen molar-refractivity contribution in [2.45, 2.75) is 11.8 Å². The molecule has 2 nitrogen and oxygen atoms in total. The predicted octanol–water partition coefficient (Wildman–Crippen LogP) is 3.57. The molecule has 1 aromatic heterocycles. The van der Waals surface area contributed by atoms with Crippen molar-refractivity contribution in [3.63, 3.8) is 0 Å². The van der Waals surface area contributed by atoms with Crippen molar-refractivity contribution < 1.29 is 0 Å². The Balaban J connectivity index is 1.95. The van der Waals surface area contributed by atoms with E-state index in [9.17, 15) is 0 Å². The molecule has 0 spiro atoms. The highest BCUT2D eigenvalue weighted by molar-refractivity contribution is 8.00. The molecule has 0 radical (unpaired) electrons. The molecule has 0 aliphatic heterocycles. The molecular weight excluding hydrogens is 212 g/mol. The van der Waals surface area contributed by atoms with Gasteiger partial charge in [-0.15, -0.1) is 11.3 Å². The minimum atomic E-state index is 0.940. The van der Waals surface area contributed by atoms with E-state index in [-0.39, 0.29) is 0 Å². The van der Waals surface area contributed by atoms with Crippen molar-refractivity contribution in [2.24, 2.45) is 0 Å². The van der Waals surface area contributed by atoms with Crippen LogP contribution in [0, 0.1) is 6.92 Å². The Hall–Kier alpha value is -1.00. The molecule has 0 aliphatic rings. The fourth-order valence-electron chi connectivity index (χ4n) is 0.983. The number of aromatic nitrogens is 1. The molecule has 1 N–H and O–H groups in total. The van der Waals surface area contributed by atoms with E-state index in [1.165, 1.54) is 10.5 Å². The molecule has 1 aromatic carbocycles. The molecule has 2 rings (SSSR count). The first-order valence-electron chi connectivity index (χ1n) is 4.23. The molecule has 4 heteroatoms. The molecule has 0 unspecified atom stereocenters. The largest absolute Gasteiger partial charge is 0.302 e. The van der Waals surface area contributed by atoms with Gasteiger partial charge >= 0.3 is 0 Å². The Morgan fingerprint density at radius 3 is 2.71 bits per heavy atom. The van der Waals surface area contributed by atoms with Gasteiger partial charge in [-0.25, -0.2) is 4.98 Å². The SMILES string of the molecule is Cc1ccc(SNc2nccs2)cc1. The third-order valence-electron chi connectivity index (χ3n) is 1.71. The van der Waals surface area contributed by atoms with Gasteiger partial charge in [0.1, 0.15) is 0 Å². The van der Waals surface area contributed by atoms with Crippen molar-refractivity contribution in [3.8, 4) is 0 Å². The zero-order chi connectivity index (χ0) is 9.80. The number of rotatable bonds is 3. The highest BCUT2D eigenvalue weighted by Crippen LogP contribution is 2.22. The maximum absolute atomic E-state index is 4.14. The van der Waals surface area contributed by atoms with E-state index in [1.807, 2.05) is 5.38 Å². The van der Waals surface area contributed by atoms with Crippen LogP contribution in [0.3, 0.4) is 0 Å². The van der Waals surface area contributed by atoms with Gasteiger partial charge in [0.15, 0.2) is 5.13 Å². The zero-order valence-corrected chi connectivity index (χ0v) is 9.36. The van der Waals surface area contributed by atoms with Crippen LogP contribution in [0.5, 0.6) is 0 Å². The Bertz CT molecular complexity index is 381. The van der Waals surface area contributed by atoms with Crippen LogP contribution in [-0.4, -0.2) is 4.98 Å². The second-order valence-corrected chi connectivity index (χ2v) is 4.63. The zero-order valence-electron chi connectivity index (χ0n) is 7.73. The summed E-state index contributed by atoms with van der Waals surface area (Å²) < 4.78 is 3.18. The molecule has 14 heavy (non-hydrogen) atoms. The molecule has 0 fully saturated rings. The summed E-state index contributed by atoms with van der Waals surface area (Å²) in [7, 11) is 0. The van der Waals surface area contributed by atoms with Gasteiger partial charge in [-0.05, 0) is 31.0 Å². The van der Waals surface area contributed by atoms with E-state index in [0.717, 1.165) is 5.13 Å². The van der Waals surface area contributed by atoms with Crippen molar-refractivity contribution >= 4 is 28.4 Å². The first-order chi connectivity index (χ1) is 6.84. The minimum Gasteiger partial charge on any atom is -0.302 e. The van der Waals surface area contributed by atoms with Crippen molar-refractivity contribution in [1.29, 1.82) is 0 Å². The summed E-state index contributed by atoms with van der Waals surface area (Å²) in [5.74, 6) is 0. The average Bonchev–Trinajstić information content (AvgIpc) is 2.70. The van der Waals surface area contributed by atoms with Gasteiger partial charge in [-0.3, -0.25) is 0 Å². The molecule has 0 saturated heterocycles. The number of benzene rings is 1. The molecule has 72 valence electrons. The fraction of sp³-hybridized carbons (Fsp3) is 0.100. The normalized spacial score (nSPS) is 10.1. The Kier molecular flexibility index (Phi) is 3.06. The number of nitrogens with zero attached hydrogens (tertiary/aromatic N) is 1. The Morgan fingerprint density at radius 2 is 2.07 bits per heavy atom. The molecule has 0 atom stereocenters. The lowest BCUT2D eigenvalue weighted by Gasteiger charge is -2.01. The van der Waals surface area contributed by atoms with Crippen LogP contribution >= 0.6 is 23.3 Å². The minimum absolute atomic E-state index is 0.940. The molecule has 2 aromatic rings. The quantitative estimate of drug-likeness (QED) is 0.804. The summed E-state index contributed by atoms with van der Waals surface area (Å²) in [4.78, 5) is 5.34. The van der Waals surface area contributed by atoms with E-state index in [2.05, 4.69) is 40.9 Å². The predicted molar refractivity (Wildman–Crippen MR) is 62.8 cm³/mol. The average molecular weight is 222 g/mol. The third kappa shape index (κ3) is 2.49. The maximum atomic E-state index is 4.14. The summed E-state index contributed by atoms with van der Waals surface area (Å²) in [5, 5.41) is 2.90. The highest BCUT2D eigenvalue weighted by atomic mass is 32.2. The monoisotopic (exact) mass is 222 g/mol. The van der Waals surface area contributed by atoms with E-state index in [4.69, 9.17) is 0 Å². The van der Waals surface area contributed by atoms with Gasteiger partial charge in [-0.1, -0.05) is 17.7 Å². The van der Waals surface area contributed by atoms with Crippen LogP contribution in [0.4, 0.5) is 5.13 Å². The molecule has 0 amide bonds. The second-order valence-electron chi connectivity index (χ2n) is 2.85. The van der Waals surface area contributed by atoms with Gasteiger partial charge < -0.3 is 4.72 Å². The Labute approximate surface area is 91.5 Å². The summed E-state index contributed by atoms with van der Waals surface area (Å²) in [6, 6.07) is 8.40. The van der Waals surface area contributed by atoms with Crippen LogP contribution in [0.25, 0.3) is 0 Å².